The number of aryl methyl sites for hydroxylation is 1. The fourth-order valence-electron chi connectivity index (χ4n) is 2.61. The van der Waals surface area contributed by atoms with Gasteiger partial charge in [-0.3, -0.25) is 9.36 Å². The molecule has 124 valence electrons. The summed E-state index contributed by atoms with van der Waals surface area (Å²) in [5.41, 5.74) is 3.71. The number of hydrogen-bond acceptors (Lipinski definition) is 5. The Morgan fingerprint density at radius 1 is 1.35 bits per heavy atom. The second kappa shape index (κ2) is 7.43. The molecule has 0 bridgehead atoms. The molecule has 0 radical (unpaired) electrons. The average molecular weight is 320 g/mol. The molecule has 1 amide bonds. The predicted octanol–water partition coefficient (Wildman–Crippen LogP) is 1.95. The van der Waals surface area contributed by atoms with Gasteiger partial charge in [-0.25, -0.2) is 15.1 Å². The smallest absolute Gasteiger partial charge is 0.408 e. The Labute approximate surface area is 133 Å². The number of aromatic nitrogens is 1. The summed E-state index contributed by atoms with van der Waals surface area (Å²) < 4.78 is 12.0. The zero-order valence-corrected chi connectivity index (χ0v) is 12.8. The number of nitrogens with zero attached hydrogens (tertiary/aromatic N) is 1. The monoisotopic (exact) mass is 320 g/mol. The van der Waals surface area contributed by atoms with Gasteiger partial charge in [0.25, 0.3) is 0 Å². The number of oxazole rings is 1. The van der Waals surface area contributed by atoms with Gasteiger partial charge in [0.15, 0.2) is 11.9 Å². The number of hydrogen-bond donors (Lipinski definition) is 1. The van der Waals surface area contributed by atoms with E-state index in [1.807, 2.05) is 18.2 Å². The van der Waals surface area contributed by atoms with Crippen LogP contribution in [0.3, 0.4) is 0 Å². The van der Waals surface area contributed by atoms with E-state index in [9.17, 15) is 9.59 Å². The van der Waals surface area contributed by atoms with Crippen molar-refractivity contribution < 1.29 is 18.8 Å². The lowest BCUT2D eigenvalue weighted by molar-refractivity contribution is -0.200. The van der Waals surface area contributed by atoms with Crippen molar-refractivity contribution in [1.82, 2.24) is 10.0 Å². The van der Waals surface area contributed by atoms with Crippen LogP contribution in [-0.2, 0) is 20.9 Å². The summed E-state index contributed by atoms with van der Waals surface area (Å²) in [4.78, 5) is 28.8. The molecular formula is C16H20N2O5. The Morgan fingerprint density at radius 3 is 3.04 bits per heavy atom. The van der Waals surface area contributed by atoms with Gasteiger partial charge < -0.3 is 9.15 Å². The van der Waals surface area contributed by atoms with Gasteiger partial charge in [0.05, 0.1) is 5.52 Å². The van der Waals surface area contributed by atoms with Crippen LogP contribution in [0.5, 0.6) is 0 Å². The second-order valence-electron chi connectivity index (χ2n) is 5.53. The number of para-hydroxylation sites is 2. The number of rotatable bonds is 6. The van der Waals surface area contributed by atoms with Gasteiger partial charge in [0.1, 0.15) is 0 Å². The van der Waals surface area contributed by atoms with Crippen LogP contribution in [0.2, 0.25) is 0 Å². The van der Waals surface area contributed by atoms with E-state index in [2.05, 4.69) is 5.48 Å². The van der Waals surface area contributed by atoms with Gasteiger partial charge in [-0.2, -0.15) is 0 Å². The molecular weight excluding hydrogens is 300 g/mol. The number of fused-ring (bicyclic) bond motifs is 1. The first-order valence-corrected chi connectivity index (χ1v) is 7.88. The molecule has 0 spiro atoms. The van der Waals surface area contributed by atoms with Crippen LogP contribution in [0.4, 0.5) is 0 Å². The average Bonchev–Trinajstić information content (AvgIpc) is 2.90. The fraction of sp³-hybridized carbons (Fsp3) is 0.500. The van der Waals surface area contributed by atoms with Crippen LogP contribution >= 0.6 is 0 Å². The number of nitrogens with one attached hydrogen (secondary N) is 1. The maximum absolute atomic E-state index is 11.8. The zero-order valence-electron chi connectivity index (χ0n) is 12.8. The Kier molecular flexibility index (Phi) is 5.09. The Balaban J connectivity index is 1.46. The first-order chi connectivity index (χ1) is 11.2. The molecule has 1 aliphatic heterocycles. The highest BCUT2D eigenvalue weighted by molar-refractivity contribution is 5.75. The maximum atomic E-state index is 11.8. The van der Waals surface area contributed by atoms with Crippen LogP contribution in [0.25, 0.3) is 11.1 Å². The number of hydroxylamine groups is 1. The lowest BCUT2D eigenvalue weighted by atomic mass is 10.2. The van der Waals surface area contributed by atoms with Gasteiger partial charge in [-0.05, 0) is 31.4 Å². The van der Waals surface area contributed by atoms with E-state index in [1.165, 1.54) is 4.57 Å². The van der Waals surface area contributed by atoms with Crippen molar-refractivity contribution in [2.45, 2.75) is 44.9 Å². The van der Waals surface area contributed by atoms with E-state index in [1.54, 1.807) is 6.07 Å². The third-order valence-electron chi connectivity index (χ3n) is 3.80. The quantitative estimate of drug-likeness (QED) is 0.823. The molecule has 0 unspecified atom stereocenters. The van der Waals surface area contributed by atoms with Crippen molar-refractivity contribution in [3.63, 3.8) is 0 Å². The molecule has 0 saturated carbocycles. The number of carbonyl (C=O) groups is 1. The van der Waals surface area contributed by atoms with E-state index in [-0.39, 0.29) is 18.6 Å². The summed E-state index contributed by atoms with van der Waals surface area (Å²) in [5.74, 6) is -0.626. The van der Waals surface area contributed by atoms with Gasteiger partial charge in [-0.15, -0.1) is 0 Å². The Hall–Kier alpha value is -2.12. The standard InChI is InChI=1S/C16H20N2O5/c19-14(17-23-15-9-3-4-11-21-15)8-5-10-18-12-6-1-2-7-13(12)22-16(18)20/h1-2,6-7,15H,3-5,8-11H2,(H,17,19)/t15-/m0/s1. The third kappa shape index (κ3) is 4.00. The topological polar surface area (TPSA) is 82.7 Å². The predicted molar refractivity (Wildman–Crippen MR) is 82.5 cm³/mol. The van der Waals surface area contributed by atoms with Crippen LogP contribution in [-0.4, -0.2) is 23.4 Å². The van der Waals surface area contributed by atoms with Gasteiger partial charge in [0.2, 0.25) is 5.91 Å². The summed E-state index contributed by atoms with van der Waals surface area (Å²) in [6, 6.07) is 7.23. The van der Waals surface area contributed by atoms with Crippen molar-refractivity contribution in [3.8, 4) is 0 Å². The second-order valence-corrected chi connectivity index (χ2v) is 5.53. The molecule has 2 heterocycles. The van der Waals surface area contributed by atoms with Crippen molar-refractivity contribution >= 4 is 17.0 Å². The van der Waals surface area contributed by atoms with E-state index in [0.29, 0.717) is 25.2 Å². The molecule has 0 aliphatic carbocycles. The van der Waals surface area contributed by atoms with Crippen molar-refractivity contribution in [1.29, 1.82) is 0 Å². The number of carbonyl (C=O) groups excluding carboxylic acids is 1. The Morgan fingerprint density at radius 2 is 2.22 bits per heavy atom. The molecule has 7 nitrogen and oxygen atoms in total. The molecule has 1 aromatic carbocycles. The summed E-state index contributed by atoms with van der Waals surface area (Å²) >= 11 is 0. The maximum Gasteiger partial charge on any atom is 0.419 e. The van der Waals surface area contributed by atoms with Gasteiger partial charge >= 0.3 is 5.76 Å². The molecule has 3 rings (SSSR count). The highest BCUT2D eigenvalue weighted by Crippen LogP contribution is 2.13. The number of benzene rings is 1. The highest BCUT2D eigenvalue weighted by atomic mass is 16.8. The molecule has 1 aromatic heterocycles. The van der Waals surface area contributed by atoms with Gasteiger partial charge in [-0.1, -0.05) is 12.1 Å². The summed E-state index contributed by atoms with van der Waals surface area (Å²) in [7, 11) is 0. The molecule has 1 atom stereocenters. The minimum absolute atomic E-state index is 0.222. The molecule has 1 aliphatic rings. The van der Waals surface area contributed by atoms with Crippen LogP contribution in [0.1, 0.15) is 32.1 Å². The van der Waals surface area contributed by atoms with Crippen LogP contribution in [0, 0.1) is 0 Å². The minimum atomic E-state index is -0.404. The van der Waals surface area contributed by atoms with E-state index in [4.69, 9.17) is 14.0 Å². The molecule has 1 fully saturated rings. The fourth-order valence-corrected chi connectivity index (χ4v) is 2.61. The number of ether oxygens (including phenoxy) is 1. The van der Waals surface area contributed by atoms with E-state index < -0.39 is 5.76 Å². The Bertz CT molecular complexity index is 715. The van der Waals surface area contributed by atoms with Gasteiger partial charge in [0, 0.05) is 26.0 Å². The summed E-state index contributed by atoms with van der Waals surface area (Å²) in [5, 5.41) is 0. The van der Waals surface area contributed by atoms with Crippen molar-refractivity contribution in [2.75, 3.05) is 6.61 Å². The molecule has 7 heteroatoms. The zero-order chi connectivity index (χ0) is 16.1. The number of amides is 1. The van der Waals surface area contributed by atoms with Crippen LogP contribution < -0.4 is 11.2 Å². The summed E-state index contributed by atoms with van der Waals surface area (Å²) in [6.45, 7) is 1.08. The first kappa shape index (κ1) is 15.8. The molecule has 1 saturated heterocycles. The molecule has 23 heavy (non-hydrogen) atoms. The molecule has 1 N–H and O–H groups in total. The highest BCUT2D eigenvalue weighted by Gasteiger charge is 2.15. The van der Waals surface area contributed by atoms with Crippen LogP contribution in [0.15, 0.2) is 33.5 Å². The minimum Gasteiger partial charge on any atom is -0.408 e. The third-order valence-corrected chi connectivity index (χ3v) is 3.80. The largest absolute Gasteiger partial charge is 0.419 e. The summed E-state index contributed by atoms with van der Waals surface area (Å²) in [6.07, 6.45) is 3.28. The van der Waals surface area contributed by atoms with E-state index >= 15 is 0 Å². The first-order valence-electron chi connectivity index (χ1n) is 7.88. The lowest BCUT2D eigenvalue weighted by Crippen LogP contribution is -2.33. The molecule has 2 aromatic rings. The SMILES string of the molecule is O=C(CCCn1c(=O)oc2ccccc21)NO[C@H]1CCCCO1. The van der Waals surface area contributed by atoms with Crippen molar-refractivity contribution in [2.24, 2.45) is 0 Å². The lowest BCUT2D eigenvalue weighted by Gasteiger charge is -2.22. The van der Waals surface area contributed by atoms with E-state index in [0.717, 1.165) is 24.8 Å². The van der Waals surface area contributed by atoms with Crippen molar-refractivity contribution in [3.05, 3.63) is 34.8 Å². The normalized spacial score (nSPS) is 18.2.